The highest BCUT2D eigenvalue weighted by molar-refractivity contribution is 14.1. The molecular formula is C31H34INO5Si. The largest absolute Gasteiger partial charge is 0.497 e. The number of amides is 1. The number of hydrogen-bond donors (Lipinski definition) is 0. The average molecular weight is 656 g/mol. The van der Waals surface area contributed by atoms with Crippen LogP contribution in [0.4, 0.5) is 5.69 Å². The lowest BCUT2D eigenvalue weighted by atomic mass is 9.82. The maximum atomic E-state index is 14.6. The number of benzene rings is 3. The Morgan fingerprint density at radius 2 is 1.74 bits per heavy atom. The number of esters is 1. The third kappa shape index (κ3) is 4.70. The van der Waals surface area contributed by atoms with E-state index in [1.54, 1.807) is 7.11 Å². The third-order valence-electron chi connectivity index (χ3n) is 8.58. The molecule has 8 heteroatoms. The van der Waals surface area contributed by atoms with E-state index in [-0.39, 0.29) is 29.8 Å². The van der Waals surface area contributed by atoms with Crippen LogP contribution in [0.5, 0.6) is 5.75 Å². The molecule has 4 atom stereocenters. The quantitative estimate of drug-likeness (QED) is 0.188. The van der Waals surface area contributed by atoms with Gasteiger partial charge in [-0.15, -0.1) is 0 Å². The summed E-state index contributed by atoms with van der Waals surface area (Å²) in [5, 5.41) is 1.23. The Labute approximate surface area is 244 Å². The lowest BCUT2D eigenvalue weighted by Crippen LogP contribution is -2.52. The molecule has 0 saturated carbocycles. The predicted octanol–water partition coefficient (Wildman–Crippen LogP) is 5.63. The molecule has 3 aromatic rings. The molecule has 204 valence electrons. The Morgan fingerprint density at radius 3 is 2.38 bits per heavy atom. The Bertz CT molecular complexity index is 1380. The Balaban J connectivity index is 1.63. The summed E-state index contributed by atoms with van der Waals surface area (Å²) in [5.74, 6) is 0.241. The second-order valence-electron chi connectivity index (χ2n) is 11.0. The van der Waals surface area contributed by atoms with Crippen molar-refractivity contribution in [2.75, 3.05) is 19.1 Å². The van der Waals surface area contributed by atoms with Crippen LogP contribution in [0.2, 0.25) is 18.6 Å². The van der Waals surface area contributed by atoms with Crippen molar-refractivity contribution in [1.82, 2.24) is 0 Å². The minimum Gasteiger partial charge on any atom is -0.497 e. The van der Waals surface area contributed by atoms with E-state index >= 15 is 0 Å². The number of carbonyl (C=O) groups excluding carboxylic acids is 2. The van der Waals surface area contributed by atoms with Crippen LogP contribution in [-0.2, 0) is 31.2 Å². The molecule has 1 fully saturated rings. The number of halogens is 1. The fourth-order valence-corrected chi connectivity index (χ4v) is 11.2. The first-order valence-electron chi connectivity index (χ1n) is 13.2. The number of fused-ring (bicyclic) bond motifs is 2. The Hall–Kier alpha value is -2.69. The first-order valence-corrected chi connectivity index (χ1v) is 17.3. The second-order valence-corrected chi connectivity index (χ2v) is 16.9. The molecule has 0 radical (unpaired) electrons. The number of methoxy groups -OCH3 is 2. The van der Waals surface area contributed by atoms with E-state index < -0.39 is 19.8 Å². The summed E-state index contributed by atoms with van der Waals surface area (Å²) < 4.78 is 18.5. The summed E-state index contributed by atoms with van der Waals surface area (Å²) in [5.41, 5.74) is 1.62. The fraction of sp³-hybridized carbons (Fsp3) is 0.355. The van der Waals surface area contributed by atoms with Gasteiger partial charge in [-0.2, -0.15) is 0 Å². The molecule has 0 unspecified atom stereocenters. The van der Waals surface area contributed by atoms with Gasteiger partial charge in [-0.1, -0.05) is 67.7 Å². The monoisotopic (exact) mass is 655 g/mol. The van der Waals surface area contributed by atoms with Crippen molar-refractivity contribution in [2.24, 2.45) is 5.92 Å². The molecular weight excluding hydrogens is 621 g/mol. The summed E-state index contributed by atoms with van der Waals surface area (Å²) in [6, 6.07) is 24.4. The molecule has 2 aliphatic heterocycles. The molecule has 0 aliphatic carbocycles. The molecule has 2 heterocycles. The lowest BCUT2D eigenvalue weighted by molar-refractivity contribution is -0.153. The zero-order valence-corrected chi connectivity index (χ0v) is 26.1. The van der Waals surface area contributed by atoms with Crippen LogP contribution in [0.25, 0.3) is 0 Å². The van der Waals surface area contributed by atoms with Crippen molar-refractivity contribution in [3.63, 3.8) is 0 Å². The van der Waals surface area contributed by atoms with E-state index in [1.165, 1.54) is 12.3 Å². The minimum absolute atomic E-state index is 0.0173. The summed E-state index contributed by atoms with van der Waals surface area (Å²) in [6.07, 6.45) is -0.354. The van der Waals surface area contributed by atoms with Gasteiger partial charge in [-0.3, -0.25) is 9.59 Å². The molecule has 1 amide bonds. The predicted molar refractivity (Wildman–Crippen MR) is 163 cm³/mol. The molecule has 1 spiro atoms. The van der Waals surface area contributed by atoms with Gasteiger partial charge in [0.05, 0.1) is 47.1 Å². The minimum atomic E-state index is -2.30. The van der Waals surface area contributed by atoms with Gasteiger partial charge in [0, 0.05) is 15.1 Å². The van der Waals surface area contributed by atoms with Gasteiger partial charge in [0.25, 0.3) is 5.91 Å². The zero-order chi connectivity index (χ0) is 27.9. The molecule has 6 nitrogen and oxygen atoms in total. The van der Waals surface area contributed by atoms with E-state index in [2.05, 4.69) is 60.8 Å². The molecule has 1 saturated heterocycles. The van der Waals surface area contributed by atoms with Gasteiger partial charge < -0.3 is 19.1 Å². The highest BCUT2D eigenvalue weighted by atomic mass is 127. The van der Waals surface area contributed by atoms with Gasteiger partial charge in [0.1, 0.15) is 5.75 Å². The smallest absolute Gasteiger partial charge is 0.308 e. The molecule has 0 N–H and O–H groups in total. The molecule has 2 aliphatic rings. The van der Waals surface area contributed by atoms with Crippen molar-refractivity contribution >= 4 is 53.4 Å². The van der Waals surface area contributed by atoms with Crippen LogP contribution >= 0.6 is 22.6 Å². The van der Waals surface area contributed by atoms with Crippen LogP contribution in [0.3, 0.4) is 0 Å². The van der Waals surface area contributed by atoms with E-state index in [1.807, 2.05) is 59.5 Å². The zero-order valence-electron chi connectivity index (χ0n) is 22.9. The fourth-order valence-electron chi connectivity index (χ4n) is 6.66. The average Bonchev–Trinajstić information content (AvgIpc) is 3.35. The molecule has 3 aromatic carbocycles. The molecule has 39 heavy (non-hydrogen) atoms. The van der Waals surface area contributed by atoms with Gasteiger partial charge in [-0.05, 0) is 64.0 Å². The Morgan fingerprint density at radius 1 is 1.05 bits per heavy atom. The maximum Gasteiger partial charge on any atom is 0.308 e. The van der Waals surface area contributed by atoms with Gasteiger partial charge in [-0.25, -0.2) is 0 Å². The van der Waals surface area contributed by atoms with Crippen molar-refractivity contribution in [2.45, 2.75) is 50.2 Å². The van der Waals surface area contributed by atoms with Crippen LogP contribution in [-0.4, -0.2) is 40.3 Å². The van der Waals surface area contributed by atoms with Gasteiger partial charge in [0.2, 0.25) is 0 Å². The topological polar surface area (TPSA) is 65.1 Å². The van der Waals surface area contributed by atoms with E-state index in [0.717, 1.165) is 26.1 Å². The standard InChI is InChI=1S/C31H34INO5Si/c1-20-29(39(4,5)24-14-12-23(36-2)13-15-24)27(18-28(34)37-3)38-31(20)25-17-22(32)11-16-26(25)33(30(31)35)19-21-9-7-6-8-10-21/h6-17,20,27,29H,18-19H2,1-5H3/t20-,27+,29-,31+/m0/s1. The number of carbonyl (C=O) groups is 2. The SMILES string of the molecule is COC(=O)C[C@H]1O[C@]2(C(=O)N(Cc3ccccc3)c3ccc(I)cc32)[C@@H](C)[C@@H]1[Si](C)(C)c1ccc(OC)cc1. The van der Waals surface area contributed by atoms with Crippen molar-refractivity contribution < 1.29 is 23.8 Å². The van der Waals surface area contributed by atoms with Crippen molar-refractivity contribution in [1.29, 1.82) is 0 Å². The van der Waals surface area contributed by atoms with E-state index in [4.69, 9.17) is 14.2 Å². The summed E-state index contributed by atoms with van der Waals surface area (Å²) >= 11 is 2.29. The summed E-state index contributed by atoms with van der Waals surface area (Å²) in [4.78, 5) is 29.1. The molecule has 0 aromatic heterocycles. The number of anilines is 1. The van der Waals surface area contributed by atoms with Crippen molar-refractivity contribution in [3.8, 4) is 5.75 Å². The number of rotatable bonds is 7. The lowest BCUT2D eigenvalue weighted by Gasteiger charge is -2.37. The van der Waals surface area contributed by atoms with Crippen LogP contribution in [0.1, 0.15) is 24.5 Å². The maximum absolute atomic E-state index is 14.6. The second kappa shape index (κ2) is 10.7. The highest BCUT2D eigenvalue weighted by Gasteiger charge is 2.66. The molecule has 0 bridgehead atoms. The number of hydrogen-bond acceptors (Lipinski definition) is 5. The summed E-state index contributed by atoms with van der Waals surface area (Å²) in [6.45, 7) is 7.20. The Kier molecular flexibility index (Phi) is 7.65. The third-order valence-corrected chi connectivity index (χ3v) is 13.6. The number of nitrogens with zero attached hydrogens (tertiary/aromatic N) is 1. The first kappa shape index (κ1) is 27.9. The van der Waals surface area contributed by atoms with Gasteiger partial charge in [0.15, 0.2) is 5.60 Å². The van der Waals surface area contributed by atoms with Crippen LogP contribution in [0.15, 0.2) is 72.8 Å². The van der Waals surface area contributed by atoms with Crippen LogP contribution < -0.4 is 14.8 Å². The van der Waals surface area contributed by atoms with Crippen LogP contribution in [0, 0.1) is 9.49 Å². The normalized spacial score (nSPS) is 24.2. The number of ether oxygens (including phenoxy) is 3. The van der Waals surface area contributed by atoms with E-state index in [9.17, 15) is 9.59 Å². The van der Waals surface area contributed by atoms with Gasteiger partial charge >= 0.3 is 5.97 Å². The van der Waals surface area contributed by atoms with E-state index in [0.29, 0.717) is 6.54 Å². The highest BCUT2D eigenvalue weighted by Crippen LogP contribution is 2.60. The molecule has 5 rings (SSSR count). The summed E-state index contributed by atoms with van der Waals surface area (Å²) in [7, 11) is 0.756. The first-order chi connectivity index (χ1) is 18.6. The van der Waals surface area contributed by atoms with Crippen molar-refractivity contribution in [3.05, 3.63) is 87.5 Å².